The second-order valence-corrected chi connectivity index (χ2v) is 12.1. The average molecular weight is 581 g/mol. The number of thiophene rings is 1. The molecule has 0 fully saturated rings. The Hall–Kier alpha value is -4.19. The minimum atomic E-state index is -0.734. The van der Waals surface area contributed by atoms with Crippen LogP contribution in [-0.4, -0.2) is 22.4 Å². The summed E-state index contributed by atoms with van der Waals surface area (Å²) in [4.78, 5) is 35.8. The third kappa shape index (κ3) is 5.43. The van der Waals surface area contributed by atoms with Crippen LogP contribution in [0.5, 0.6) is 17.2 Å². The molecule has 12 heteroatoms. The van der Waals surface area contributed by atoms with Crippen LogP contribution in [0.2, 0.25) is 0 Å². The number of nitrogens with one attached hydrogen (secondary N) is 2. The number of nitrogens with zero attached hydrogens (tertiary/aromatic N) is 2. The number of amides is 1. The first-order chi connectivity index (χ1) is 19.5. The Bertz CT molecular complexity index is 1530. The van der Waals surface area contributed by atoms with E-state index in [4.69, 9.17) is 9.47 Å². The molecule has 11 nitrogen and oxygen atoms in total. The summed E-state index contributed by atoms with van der Waals surface area (Å²) in [5, 5.41) is 30.1. The lowest BCUT2D eigenvalue weighted by atomic mass is 9.69. The predicted molar refractivity (Wildman–Crippen MR) is 155 cm³/mol. The fourth-order valence-electron chi connectivity index (χ4n) is 5.44. The van der Waals surface area contributed by atoms with Crippen LogP contribution in [0, 0.1) is 31.6 Å². The zero-order valence-electron chi connectivity index (χ0n) is 23.3. The van der Waals surface area contributed by atoms with Crippen molar-refractivity contribution >= 4 is 33.6 Å². The van der Waals surface area contributed by atoms with Crippen molar-refractivity contribution in [3.63, 3.8) is 0 Å². The molecule has 1 aromatic heterocycles. The fraction of sp³-hybridized carbons (Fsp3) is 0.414. The van der Waals surface area contributed by atoms with E-state index in [1.54, 1.807) is 36.5 Å². The summed E-state index contributed by atoms with van der Waals surface area (Å²) in [5.41, 5.74) is 1.90. The van der Waals surface area contributed by atoms with E-state index in [0.29, 0.717) is 18.3 Å². The summed E-state index contributed by atoms with van der Waals surface area (Å²) in [6.45, 7) is 8.96. The Morgan fingerprint density at radius 3 is 2.46 bits per heavy atom. The van der Waals surface area contributed by atoms with Crippen LogP contribution >= 0.6 is 11.3 Å². The molecule has 41 heavy (non-hydrogen) atoms. The molecule has 0 bridgehead atoms. The number of non-ortho nitro benzene ring substituents is 1. The van der Waals surface area contributed by atoms with Crippen LogP contribution in [0.1, 0.15) is 73.1 Å². The van der Waals surface area contributed by atoms with Gasteiger partial charge in [0.15, 0.2) is 11.5 Å². The van der Waals surface area contributed by atoms with Gasteiger partial charge in [-0.05, 0) is 66.8 Å². The highest BCUT2D eigenvalue weighted by Gasteiger charge is 2.37. The molecule has 216 valence electrons. The Labute approximate surface area is 241 Å². The molecule has 2 aliphatic rings. The maximum Gasteiger partial charge on any atom is 0.318 e. The van der Waals surface area contributed by atoms with E-state index >= 15 is 0 Å². The smallest absolute Gasteiger partial charge is 0.318 e. The van der Waals surface area contributed by atoms with Gasteiger partial charge < -0.3 is 20.1 Å². The van der Waals surface area contributed by atoms with Crippen molar-refractivity contribution in [2.75, 3.05) is 11.9 Å². The van der Waals surface area contributed by atoms with Gasteiger partial charge in [-0.15, -0.1) is 11.3 Å². The van der Waals surface area contributed by atoms with E-state index in [-0.39, 0.29) is 22.8 Å². The number of fused-ring (bicyclic) bond motifs is 3. The third-order valence-electron chi connectivity index (χ3n) is 8.23. The number of hydrogen-bond donors (Lipinski definition) is 2. The molecule has 0 spiro atoms. The highest BCUT2D eigenvalue weighted by Crippen LogP contribution is 2.47. The molecular weight excluding hydrogens is 548 g/mol. The van der Waals surface area contributed by atoms with Crippen molar-refractivity contribution in [3.8, 4) is 17.2 Å². The molecule has 1 aliphatic heterocycles. The van der Waals surface area contributed by atoms with E-state index in [1.165, 1.54) is 10.9 Å². The highest BCUT2D eigenvalue weighted by molar-refractivity contribution is 7.16. The van der Waals surface area contributed by atoms with Gasteiger partial charge in [-0.25, -0.2) is 0 Å². The number of rotatable bonds is 9. The molecule has 0 saturated heterocycles. The summed E-state index contributed by atoms with van der Waals surface area (Å²) in [5.74, 6) is 0.819. The van der Waals surface area contributed by atoms with Gasteiger partial charge in [-0.3, -0.25) is 25.0 Å². The molecule has 2 heterocycles. The molecule has 2 atom stereocenters. The number of carbonyl (C=O) groups excluding carboxylic acids is 1. The minimum Gasteiger partial charge on any atom is -0.490 e. The molecule has 1 amide bonds. The molecular formula is C29H32N4O7S. The van der Waals surface area contributed by atoms with Crippen LogP contribution < -0.4 is 20.1 Å². The Balaban J connectivity index is 1.41. The van der Waals surface area contributed by atoms with E-state index in [1.807, 2.05) is 0 Å². The van der Waals surface area contributed by atoms with Crippen LogP contribution in [0.3, 0.4) is 0 Å². The van der Waals surface area contributed by atoms with Crippen molar-refractivity contribution in [1.82, 2.24) is 5.32 Å². The Kier molecular flexibility index (Phi) is 7.60. The van der Waals surface area contributed by atoms with Crippen molar-refractivity contribution < 1.29 is 24.1 Å². The van der Waals surface area contributed by atoms with Gasteiger partial charge in [0.25, 0.3) is 11.6 Å². The molecule has 0 radical (unpaired) electrons. The van der Waals surface area contributed by atoms with Crippen LogP contribution in [0.15, 0.2) is 36.4 Å². The monoisotopic (exact) mass is 580 g/mol. The molecule has 1 aliphatic carbocycles. The number of anilines is 1. The molecule has 0 unspecified atom stereocenters. The van der Waals surface area contributed by atoms with Crippen molar-refractivity contribution in [3.05, 3.63) is 78.2 Å². The Morgan fingerprint density at radius 2 is 1.78 bits per heavy atom. The minimum absolute atomic E-state index is 0.116. The number of benzene rings is 2. The quantitative estimate of drug-likeness (QED) is 0.200. The van der Waals surface area contributed by atoms with Crippen molar-refractivity contribution in [2.45, 2.75) is 59.5 Å². The summed E-state index contributed by atoms with van der Waals surface area (Å²) in [7, 11) is 0. The molecule has 2 aromatic carbocycles. The summed E-state index contributed by atoms with van der Waals surface area (Å²) < 4.78 is 11.6. The second-order valence-electron chi connectivity index (χ2n) is 10.9. The average Bonchev–Trinajstić information content (AvgIpc) is 3.32. The first kappa shape index (κ1) is 28.3. The van der Waals surface area contributed by atoms with Crippen molar-refractivity contribution in [2.24, 2.45) is 11.3 Å². The van der Waals surface area contributed by atoms with Crippen molar-refractivity contribution in [1.29, 1.82) is 0 Å². The fourth-order valence-corrected chi connectivity index (χ4v) is 6.80. The third-order valence-corrected chi connectivity index (χ3v) is 9.42. The number of ether oxygens (including phenoxy) is 2. The van der Waals surface area contributed by atoms with E-state index in [9.17, 15) is 25.0 Å². The normalized spacial score (nSPS) is 18.0. The topological polar surface area (TPSA) is 146 Å². The largest absolute Gasteiger partial charge is 0.490 e. The van der Waals surface area contributed by atoms with E-state index < -0.39 is 27.4 Å². The predicted octanol–water partition coefficient (Wildman–Crippen LogP) is 7.15. The molecule has 2 N–H and O–H groups in total. The first-order valence-corrected chi connectivity index (χ1v) is 14.4. The summed E-state index contributed by atoms with van der Waals surface area (Å²) >= 11 is 1.66. The van der Waals surface area contributed by atoms with Gasteiger partial charge in [-0.2, -0.15) is 0 Å². The number of carbonyl (C=O) groups is 1. The number of nitro groups is 2. The lowest BCUT2D eigenvalue weighted by molar-refractivity contribution is -0.394. The van der Waals surface area contributed by atoms with Gasteiger partial charge in [0.1, 0.15) is 11.2 Å². The van der Waals surface area contributed by atoms with Gasteiger partial charge in [0, 0.05) is 10.9 Å². The van der Waals surface area contributed by atoms with Gasteiger partial charge in [-0.1, -0.05) is 33.3 Å². The first-order valence-electron chi connectivity index (χ1n) is 13.6. The van der Waals surface area contributed by atoms with Crippen LogP contribution in [-0.2, 0) is 12.8 Å². The van der Waals surface area contributed by atoms with E-state index in [0.717, 1.165) is 59.5 Å². The van der Waals surface area contributed by atoms with Crippen LogP contribution in [0.4, 0.5) is 16.4 Å². The molecule has 3 aromatic rings. The van der Waals surface area contributed by atoms with Crippen LogP contribution in [0.25, 0.3) is 0 Å². The van der Waals surface area contributed by atoms with E-state index in [2.05, 4.69) is 31.4 Å². The maximum atomic E-state index is 13.3. The second kappa shape index (κ2) is 11.0. The lowest BCUT2D eigenvalue weighted by Gasteiger charge is -2.36. The zero-order chi connectivity index (χ0) is 29.5. The Morgan fingerprint density at radius 1 is 1.02 bits per heavy atom. The summed E-state index contributed by atoms with van der Waals surface area (Å²) in [6, 6.07) is 8.25. The molecule has 0 saturated carbocycles. The number of nitro benzene ring substituents is 2. The van der Waals surface area contributed by atoms with Gasteiger partial charge >= 0.3 is 5.69 Å². The van der Waals surface area contributed by atoms with Gasteiger partial charge in [0.05, 0.1) is 28.1 Å². The maximum absolute atomic E-state index is 13.3. The van der Waals surface area contributed by atoms with Gasteiger partial charge in [0.2, 0.25) is 5.75 Å². The standard InChI is InChI=1S/C29H32N4O7S/c1-5-29(3,4)17-8-10-19-24(14-17)41-28-25(19)27(34)30-26(31-28)16-7-11-22(23(13-16)39-6-2)40-21-12-9-18(32(35)36)15-20(21)33(37)38/h7,9,11-13,15,17,26,31H,5-6,8,10,14H2,1-4H3,(H,30,34)/t17-,26-/m1/s1. The zero-order valence-corrected chi connectivity index (χ0v) is 24.1. The summed E-state index contributed by atoms with van der Waals surface area (Å²) in [6.07, 6.45) is 3.53. The SMILES string of the molecule is CCOc1cc([C@@H]2NC(=O)c3c(sc4c3CC[C@@H](C(C)(C)CC)C4)N2)ccc1Oc1ccc([N+](=O)[O-])cc1[N+](=O)[O-]. The highest BCUT2D eigenvalue weighted by atomic mass is 32.1. The number of hydrogen-bond acceptors (Lipinski definition) is 9. The molecule has 5 rings (SSSR count). The lowest BCUT2D eigenvalue weighted by Crippen LogP contribution is -2.38.